The third-order valence-electron chi connectivity index (χ3n) is 4.75. The van der Waals surface area contributed by atoms with Crippen LogP contribution in [0.5, 0.6) is 5.75 Å². The zero-order valence-corrected chi connectivity index (χ0v) is 21.0. The fourth-order valence-electron chi connectivity index (χ4n) is 3.24. The zero-order valence-electron chi connectivity index (χ0n) is 17.8. The molecule has 0 atom stereocenters. The van der Waals surface area contributed by atoms with E-state index in [-0.39, 0.29) is 5.57 Å². The van der Waals surface area contributed by atoms with Crippen LogP contribution in [0.3, 0.4) is 0 Å². The summed E-state index contributed by atoms with van der Waals surface area (Å²) in [5.74, 6) is 0.254. The molecule has 0 aliphatic rings. The molecule has 0 bridgehead atoms. The van der Waals surface area contributed by atoms with Gasteiger partial charge in [0.05, 0.1) is 6.61 Å². The first kappa shape index (κ1) is 23.8. The van der Waals surface area contributed by atoms with Crippen molar-refractivity contribution < 1.29 is 9.53 Å². The number of ether oxygens (including phenoxy) is 1. The van der Waals surface area contributed by atoms with Gasteiger partial charge in [-0.05, 0) is 66.9 Å². The van der Waals surface area contributed by atoms with Gasteiger partial charge in [-0.15, -0.1) is 0 Å². The van der Waals surface area contributed by atoms with Crippen LogP contribution in [0.4, 0.5) is 5.69 Å². The molecule has 0 aromatic heterocycles. The molecule has 3 aromatic rings. The maximum Gasteiger partial charge on any atom is 0.266 e. The fraction of sp³-hybridized carbons (Fsp3) is 0.154. The van der Waals surface area contributed by atoms with Crippen molar-refractivity contribution in [3.8, 4) is 11.8 Å². The highest BCUT2D eigenvalue weighted by atomic mass is 79.9. The maximum atomic E-state index is 12.7. The summed E-state index contributed by atoms with van der Waals surface area (Å²) in [7, 11) is 0. The summed E-state index contributed by atoms with van der Waals surface area (Å²) in [6, 6.07) is 21.2. The highest BCUT2D eigenvalue weighted by Crippen LogP contribution is 2.33. The molecule has 3 aromatic carbocycles. The summed E-state index contributed by atoms with van der Waals surface area (Å²) in [5, 5.41) is 12.4. The minimum atomic E-state index is -0.454. The second kappa shape index (κ2) is 11.1. The molecule has 0 aliphatic carbocycles. The molecule has 0 heterocycles. The van der Waals surface area contributed by atoms with Crippen LogP contribution in [-0.2, 0) is 11.2 Å². The number of hydrogen-bond donors (Lipinski definition) is 1. The molecule has 32 heavy (non-hydrogen) atoms. The number of nitriles is 1. The lowest BCUT2D eigenvalue weighted by Gasteiger charge is -2.15. The van der Waals surface area contributed by atoms with Gasteiger partial charge in [0.1, 0.15) is 17.4 Å². The first-order valence-corrected chi connectivity index (χ1v) is 11.7. The predicted molar refractivity (Wildman–Crippen MR) is 136 cm³/mol. The van der Waals surface area contributed by atoms with E-state index in [0.29, 0.717) is 30.0 Å². The average Bonchev–Trinajstić information content (AvgIpc) is 2.75. The smallest absolute Gasteiger partial charge is 0.266 e. The number of anilines is 1. The number of carbonyl (C=O) groups is 1. The number of nitrogens with one attached hydrogen (secondary N) is 1. The van der Waals surface area contributed by atoms with Crippen molar-refractivity contribution >= 4 is 49.5 Å². The van der Waals surface area contributed by atoms with Gasteiger partial charge in [-0.1, -0.05) is 62.2 Å². The van der Waals surface area contributed by atoms with Crippen molar-refractivity contribution in [3.05, 3.63) is 97.4 Å². The van der Waals surface area contributed by atoms with E-state index >= 15 is 0 Å². The van der Waals surface area contributed by atoms with Gasteiger partial charge in [0.15, 0.2) is 0 Å². The summed E-state index contributed by atoms with van der Waals surface area (Å²) in [6.07, 6.45) is 2.24. The maximum absolute atomic E-state index is 12.7. The molecule has 1 amide bonds. The van der Waals surface area contributed by atoms with Crippen molar-refractivity contribution in [3.63, 3.8) is 0 Å². The lowest BCUT2D eigenvalue weighted by atomic mass is 10.0. The Balaban J connectivity index is 1.92. The second-order valence-corrected chi connectivity index (χ2v) is 8.88. The van der Waals surface area contributed by atoms with Gasteiger partial charge in [-0.3, -0.25) is 4.79 Å². The zero-order chi connectivity index (χ0) is 23.1. The molecular formula is C26H22Br2N2O2. The lowest BCUT2D eigenvalue weighted by Crippen LogP contribution is -2.13. The van der Waals surface area contributed by atoms with E-state index in [4.69, 9.17) is 4.74 Å². The molecule has 0 fully saturated rings. The van der Waals surface area contributed by atoms with Crippen LogP contribution in [0.25, 0.3) is 6.08 Å². The van der Waals surface area contributed by atoms with E-state index < -0.39 is 5.91 Å². The summed E-state index contributed by atoms with van der Waals surface area (Å²) in [4.78, 5) is 12.7. The number of hydrogen-bond acceptors (Lipinski definition) is 3. The van der Waals surface area contributed by atoms with Gasteiger partial charge in [0.2, 0.25) is 0 Å². The van der Waals surface area contributed by atoms with Crippen LogP contribution in [-0.4, -0.2) is 12.5 Å². The second-order valence-electron chi connectivity index (χ2n) is 7.17. The Kier molecular flexibility index (Phi) is 8.26. The number of amides is 1. The van der Waals surface area contributed by atoms with Gasteiger partial charge < -0.3 is 10.1 Å². The van der Waals surface area contributed by atoms with Crippen LogP contribution in [0, 0.1) is 18.3 Å². The first-order chi connectivity index (χ1) is 15.4. The van der Waals surface area contributed by atoms with Crippen LogP contribution < -0.4 is 10.1 Å². The Labute approximate surface area is 205 Å². The number of rotatable bonds is 7. The van der Waals surface area contributed by atoms with Crippen molar-refractivity contribution in [2.24, 2.45) is 0 Å². The average molecular weight is 554 g/mol. The monoisotopic (exact) mass is 552 g/mol. The Hall–Kier alpha value is -2.88. The van der Waals surface area contributed by atoms with E-state index in [9.17, 15) is 10.1 Å². The van der Waals surface area contributed by atoms with Crippen LogP contribution in [0.1, 0.15) is 29.2 Å². The van der Waals surface area contributed by atoms with Gasteiger partial charge >= 0.3 is 0 Å². The van der Waals surface area contributed by atoms with Gasteiger partial charge in [-0.25, -0.2) is 0 Å². The lowest BCUT2D eigenvalue weighted by molar-refractivity contribution is -0.112. The quantitative estimate of drug-likeness (QED) is 0.252. The van der Waals surface area contributed by atoms with Crippen LogP contribution in [0.2, 0.25) is 0 Å². The molecular weight excluding hydrogens is 532 g/mol. The largest absolute Gasteiger partial charge is 0.494 e. The Morgan fingerprint density at radius 2 is 1.88 bits per heavy atom. The third-order valence-corrected chi connectivity index (χ3v) is 6.23. The van der Waals surface area contributed by atoms with E-state index in [1.54, 1.807) is 12.1 Å². The molecule has 6 heteroatoms. The van der Waals surface area contributed by atoms with E-state index in [2.05, 4.69) is 43.2 Å². The van der Waals surface area contributed by atoms with E-state index in [0.717, 1.165) is 25.6 Å². The van der Waals surface area contributed by atoms with Crippen molar-refractivity contribution in [2.45, 2.75) is 20.3 Å². The molecule has 0 spiro atoms. The molecule has 0 unspecified atom stereocenters. The van der Waals surface area contributed by atoms with Gasteiger partial charge in [0.25, 0.3) is 5.91 Å². The molecule has 0 aliphatic heterocycles. The molecule has 4 nitrogen and oxygen atoms in total. The number of nitrogens with zero attached hydrogens (tertiary/aromatic N) is 1. The Morgan fingerprint density at radius 3 is 2.56 bits per heavy atom. The van der Waals surface area contributed by atoms with E-state index in [1.807, 2.05) is 68.4 Å². The number of benzene rings is 3. The van der Waals surface area contributed by atoms with Crippen LogP contribution in [0.15, 0.2) is 75.2 Å². The number of carbonyl (C=O) groups excluding carboxylic acids is 1. The molecule has 0 radical (unpaired) electrons. The van der Waals surface area contributed by atoms with Gasteiger partial charge in [0, 0.05) is 26.6 Å². The van der Waals surface area contributed by atoms with Crippen molar-refractivity contribution in [1.29, 1.82) is 5.26 Å². The molecule has 0 saturated carbocycles. The molecule has 1 N–H and O–H groups in total. The molecule has 0 saturated heterocycles. The Bertz CT molecular complexity index is 1210. The van der Waals surface area contributed by atoms with Crippen molar-refractivity contribution in [2.75, 3.05) is 11.9 Å². The fourth-order valence-corrected chi connectivity index (χ4v) is 4.26. The van der Waals surface area contributed by atoms with E-state index in [1.165, 1.54) is 0 Å². The molecule has 3 rings (SSSR count). The van der Waals surface area contributed by atoms with Crippen LogP contribution >= 0.6 is 31.9 Å². The van der Waals surface area contributed by atoms with Gasteiger partial charge in [-0.2, -0.15) is 5.26 Å². The number of halogens is 2. The summed E-state index contributed by atoms with van der Waals surface area (Å²) in [5.41, 5.74) is 4.52. The first-order valence-electron chi connectivity index (χ1n) is 10.1. The number of aryl methyl sites for hydroxylation is 1. The summed E-state index contributed by atoms with van der Waals surface area (Å²) >= 11 is 7.25. The highest BCUT2D eigenvalue weighted by molar-refractivity contribution is 9.10. The van der Waals surface area contributed by atoms with Crippen molar-refractivity contribution in [1.82, 2.24) is 0 Å². The topological polar surface area (TPSA) is 62.1 Å². The standard InChI is InChI=1S/C26H22Br2N2O2/c1-3-32-25-14-18(13-24(28)22(25)15-19-8-4-5-10-23(19)27)12-20(16-29)26(31)30-21-9-6-7-17(2)11-21/h4-14H,3,15H2,1-2H3,(H,30,31)/b20-12+. The SMILES string of the molecule is CCOc1cc(/C=C(\C#N)C(=O)Nc2cccc(C)c2)cc(Br)c1Cc1ccccc1Br. The molecule has 162 valence electrons. The predicted octanol–water partition coefficient (Wildman–Crippen LogP) is 7.06. The third kappa shape index (κ3) is 6.09. The Morgan fingerprint density at radius 1 is 1.09 bits per heavy atom. The minimum absolute atomic E-state index is 0.0133. The minimum Gasteiger partial charge on any atom is -0.494 e. The highest BCUT2D eigenvalue weighted by Gasteiger charge is 2.15. The normalized spacial score (nSPS) is 11.0. The summed E-state index contributed by atoms with van der Waals surface area (Å²) < 4.78 is 7.77. The summed E-state index contributed by atoms with van der Waals surface area (Å²) in [6.45, 7) is 4.37.